The van der Waals surface area contributed by atoms with Crippen LogP contribution in [-0.2, 0) is 19.1 Å². The smallest absolute Gasteiger partial charge is 0.306 e. The van der Waals surface area contributed by atoms with Crippen LogP contribution >= 0.6 is 0 Å². The van der Waals surface area contributed by atoms with E-state index in [4.69, 9.17) is 9.47 Å². The summed E-state index contributed by atoms with van der Waals surface area (Å²) in [5.74, 6) is 0.596. The molecule has 0 bridgehead atoms. The third kappa shape index (κ3) is 50.9. The zero-order valence-corrected chi connectivity index (χ0v) is 38.8. The molecule has 1 atom stereocenters. The fourth-order valence-corrected chi connectivity index (χ4v) is 7.56. The molecule has 0 amide bonds. The van der Waals surface area contributed by atoms with Crippen molar-refractivity contribution >= 4 is 11.9 Å². The van der Waals surface area contributed by atoms with Crippen LogP contribution in [0.5, 0.6) is 0 Å². The van der Waals surface area contributed by atoms with Crippen molar-refractivity contribution in [2.24, 2.45) is 5.92 Å². The number of esters is 2. The van der Waals surface area contributed by atoms with Gasteiger partial charge in [0.15, 0.2) is 0 Å². The minimum Gasteiger partial charge on any atom is -0.465 e. The van der Waals surface area contributed by atoms with Gasteiger partial charge in [0.2, 0.25) is 0 Å². The molecule has 0 aliphatic heterocycles. The fraction of sp³-hybridized carbons (Fsp3) is 0.961. The molecule has 0 aliphatic carbocycles. The molecule has 0 heterocycles. The lowest BCUT2D eigenvalue weighted by molar-refractivity contribution is -0.147. The quantitative estimate of drug-likeness (QED) is 0.0457. The standard InChI is InChI=1S/C34H68O2.C17H34O2/c1-4-7-10-13-16-18-19-20-22-25-28-31-34(35)36-32-33(29-26-23-15-12-9-6-3)30-27-24-21-17-14-11-8-5-2;1-4-5-6-7-8-9-10-11-12-13-14-15-17(18)19-16(2)3/h33H,4-32H2,1-3H3;16H,4-15H2,1-3H3. The summed E-state index contributed by atoms with van der Waals surface area (Å²) < 4.78 is 10.9. The first-order valence-electron chi connectivity index (χ1n) is 25.3. The van der Waals surface area contributed by atoms with E-state index in [0.717, 1.165) is 12.8 Å². The monoisotopic (exact) mass is 779 g/mol. The van der Waals surface area contributed by atoms with Crippen LogP contribution in [0.15, 0.2) is 0 Å². The van der Waals surface area contributed by atoms with Crippen LogP contribution in [0, 0.1) is 5.92 Å². The molecule has 4 heteroatoms. The molecule has 0 saturated heterocycles. The Kier molecular flexibility index (Phi) is 50.0. The number of hydrogen-bond acceptors (Lipinski definition) is 4. The van der Waals surface area contributed by atoms with E-state index >= 15 is 0 Å². The van der Waals surface area contributed by atoms with Gasteiger partial charge in [-0.25, -0.2) is 0 Å². The predicted octanol–water partition coefficient (Wildman–Crippen LogP) is 17.8. The first-order valence-corrected chi connectivity index (χ1v) is 25.3. The molecule has 0 aliphatic rings. The van der Waals surface area contributed by atoms with E-state index in [9.17, 15) is 9.59 Å². The first-order chi connectivity index (χ1) is 26.9. The lowest BCUT2D eigenvalue weighted by Gasteiger charge is -2.17. The normalized spacial score (nSPS) is 11.8. The molecule has 0 aromatic rings. The van der Waals surface area contributed by atoms with E-state index in [1.165, 1.54) is 231 Å². The van der Waals surface area contributed by atoms with E-state index in [2.05, 4.69) is 27.7 Å². The topological polar surface area (TPSA) is 52.6 Å². The van der Waals surface area contributed by atoms with E-state index in [1.54, 1.807) is 0 Å². The highest BCUT2D eigenvalue weighted by molar-refractivity contribution is 5.69. The molecule has 330 valence electrons. The Morgan fingerprint density at radius 3 is 0.891 bits per heavy atom. The summed E-state index contributed by atoms with van der Waals surface area (Å²) in [5.41, 5.74) is 0. The summed E-state index contributed by atoms with van der Waals surface area (Å²) in [5, 5.41) is 0. The average molecular weight is 779 g/mol. The molecule has 1 unspecified atom stereocenters. The SMILES string of the molecule is CCCCCCCCCCCCCC(=O)OC(C)C.CCCCCCCCCCCCCC(=O)OCC(CCCCCCCC)CCCCCCCCCC. The minimum atomic E-state index is -0.0362. The van der Waals surface area contributed by atoms with Crippen LogP contribution in [0.3, 0.4) is 0 Å². The van der Waals surface area contributed by atoms with Crippen molar-refractivity contribution in [3.05, 3.63) is 0 Å². The van der Waals surface area contributed by atoms with Crippen LogP contribution < -0.4 is 0 Å². The predicted molar refractivity (Wildman–Crippen MR) is 243 cm³/mol. The zero-order valence-electron chi connectivity index (χ0n) is 38.8. The molecule has 0 spiro atoms. The molecular formula is C51H102O4. The Balaban J connectivity index is 0. The van der Waals surface area contributed by atoms with Crippen molar-refractivity contribution < 1.29 is 19.1 Å². The Hall–Kier alpha value is -1.06. The number of carbonyl (C=O) groups excluding carboxylic acids is 2. The van der Waals surface area contributed by atoms with Crippen molar-refractivity contribution in [2.45, 2.75) is 304 Å². The minimum absolute atomic E-state index is 0.0280. The first kappa shape index (κ1) is 56.0. The third-order valence-corrected chi connectivity index (χ3v) is 11.2. The van der Waals surface area contributed by atoms with E-state index in [1.807, 2.05) is 13.8 Å². The number of unbranched alkanes of at least 4 members (excludes halogenated alkanes) is 32. The molecule has 0 aromatic heterocycles. The van der Waals surface area contributed by atoms with Crippen LogP contribution in [0.1, 0.15) is 298 Å². The van der Waals surface area contributed by atoms with Crippen molar-refractivity contribution in [3.63, 3.8) is 0 Å². The molecule has 0 saturated carbocycles. The summed E-state index contributed by atoms with van der Waals surface area (Å²) in [7, 11) is 0. The molecule has 0 N–H and O–H groups in total. The van der Waals surface area contributed by atoms with Gasteiger partial charge in [-0.3, -0.25) is 9.59 Å². The van der Waals surface area contributed by atoms with E-state index in [0.29, 0.717) is 25.4 Å². The second kappa shape index (κ2) is 49.1. The Morgan fingerprint density at radius 1 is 0.345 bits per heavy atom. The number of hydrogen-bond donors (Lipinski definition) is 0. The number of rotatable bonds is 43. The maximum atomic E-state index is 12.3. The van der Waals surface area contributed by atoms with Crippen LogP contribution in [-0.4, -0.2) is 24.6 Å². The van der Waals surface area contributed by atoms with E-state index in [-0.39, 0.29) is 18.0 Å². The summed E-state index contributed by atoms with van der Waals surface area (Å²) in [6.07, 6.45) is 51.8. The summed E-state index contributed by atoms with van der Waals surface area (Å²) in [4.78, 5) is 23.6. The van der Waals surface area contributed by atoms with Gasteiger partial charge >= 0.3 is 11.9 Å². The van der Waals surface area contributed by atoms with Crippen LogP contribution in [0.2, 0.25) is 0 Å². The highest BCUT2D eigenvalue weighted by Gasteiger charge is 2.12. The van der Waals surface area contributed by atoms with Gasteiger partial charge in [0.25, 0.3) is 0 Å². The molecule has 0 radical (unpaired) electrons. The second-order valence-corrected chi connectivity index (χ2v) is 17.5. The largest absolute Gasteiger partial charge is 0.465 e. The molecular weight excluding hydrogens is 677 g/mol. The average Bonchev–Trinajstić information content (AvgIpc) is 3.17. The highest BCUT2D eigenvalue weighted by atomic mass is 16.5. The number of carbonyl (C=O) groups is 2. The van der Waals surface area contributed by atoms with Gasteiger partial charge in [-0.15, -0.1) is 0 Å². The van der Waals surface area contributed by atoms with Crippen molar-refractivity contribution in [1.29, 1.82) is 0 Å². The molecule has 0 rings (SSSR count). The lowest BCUT2D eigenvalue weighted by Crippen LogP contribution is -2.14. The lowest BCUT2D eigenvalue weighted by atomic mass is 9.94. The van der Waals surface area contributed by atoms with Gasteiger partial charge in [0.05, 0.1) is 12.7 Å². The maximum Gasteiger partial charge on any atom is 0.306 e. The van der Waals surface area contributed by atoms with Crippen molar-refractivity contribution in [3.8, 4) is 0 Å². The highest BCUT2D eigenvalue weighted by Crippen LogP contribution is 2.21. The van der Waals surface area contributed by atoms with Gasteiger partial charge in [-0.1, -0.05) is 246 Å². The van der Waals surface area contributed by atoms with Crippen molar-refractivity contribution in [1.82, 2.24) is 0 Å². The van der Waals surface area contributed by atoms with Gasteiger partial charge in [-0.05, 0) is 45.4 Å². The van der Waals surface area contributed by atoms with Crippen molar-refractivity contribution in [2.75, 3.05) is 6.61 Å². The van der Waals surface area contributed by atoms with Crippen LogP contribution in [0.4, 0.5) is 0 Å². The Morgan fingerprint density at radius 2 is 0.600 bits per heavy atom. The van der Waals surface area contributed by atoms with Gasteiger partial charge in [0.1, 0.15) is 0 Å². The summed E-state index contributed by atoms with van der Waals surface area (Å²) >= 11 is 0. The Labute approximate surface area is 347 Å². The summed E-state index contributed by atoms with van der Waals surface area (Å²) in [6.45, 7) is 13.6. The Bertz CT molecular complexity index is 734. The zero-order chi connectivity index (χ0) is 40.7. The van der Waals surface area contributed by atoms with E-state index < -0.39 is 0 Å². The molecule has 0 fully saturated rings. The third-order valence-electron chi connectivity index (χ3n) is 11.2. The van der Waals surface area contributed by atoms with Crippen LogP contribution in [0.25, 0.3) is 0 Å². The van der Waals surface area contributed by atoms with Gasteiger partial charge in [-0.2, -0.15) is 0 Å². The maximum absolute atomic E-state index is 12.3. The molecule has 55 heavy (non-hydrogen) atoms. The molecule has 4 nitrogen and oxygen atoms in total. The molecule has 0 aromatic carbocycles. The fourth-order valence-electron chi connectivity index (χ4n) is 7.56. The van der Waals surface area contributed by atoms with Gasteiger partial charge < -0.3 is 9.47 Å². The van der Waals surface area contributed by atoms with Gasteiger partial charge in [0, 0.05) is 12.8 Å². The second-order valence-electron chi connectivity index (χ2n) is 17.5. The number of ether oxygens (including phenoxy) is 2. The summed E-state index contributed by atoms with van der Waals surface area (Å²) in [6, 6.07) is 0.